The third kappa shape index (κ3) is 9.95. The van der Waals surface area contributed by atoms with Gasteiger partial charge in [0, 0.05) is 29.2 Å². The van der Waals surface area contributed by atoms with Gasteiger partial charge in [-0.05, 0) is 43.0 Å². The van der Waals surface area contributed by atoms with Crippen molar-refractivity contribution in [2.75, 3.05) is 12.4 Å². The van der Waals surface area contributed by atoms with Crippen molar-refractivity contribution in [2.24, 2.45) is 0 Å². The van der Waals surface area contributed by atoms with Crippen LogP contribution < -0.4 is 16.0 Å². The minimum atomic E-state index is -0.977. The molecular weight excluding hydrogens is 546 g/mol. The predicted molar refractivity (Wildman–Crippen MR) is 131 cm³/mol. The van der Waals surface area contributed by atoms with Crippen molar-refractivity contribution < 1.29 is 23.9 Å². The van der Waals surface area contributed by atoms with E-state index in [4.69, 9.17) is 0 Å². The lowest BCUT2D eigenvalue weighted by atomic mass is 10.1. The number of ether oxygens (including phenoxy) is 1. The minimum absolute atomic E-state index is 0.157. The van der Waals surface area contributed by atoms with Gasteiger partial charge in [0.1, 0.15) is 12.1 Å². The molecule has 0 unspecified atom stereocenters. The normalized spacial score (nSPS) is 12.2. The Morgan fingerprint density at radius 2 is 1.59 bits per heavy atom. The number of carbonyl (C=O) groups is 4. The second-order valence-corrected chi connectivity index (χ2v) is 8.21. The number of amides is 3. The molecule has 0 saturated carbocycles. The van der Waals surface area contributed by atoms with Crippen LogP contribution in [0.15, 0.2) is 30.9 Å². The van der Waals surface area contributed by atoms with E-state index >= 15 is 0 Å². The van der Waals surface area contributed by atoms with E-state index in [1.54, 1.807) is 6.92 Å². The molecule has 0 aromatic heterocycles. The second kappa shape index (κ2) is 14.8. The Bertz CT molecular complexity index is 810. The summed E-state index contributed by atoms with van der Waals surface area (Å²) in [5.41, 5.74) is 2.65. The number of unbranched alkanes of at least 4 members (excludes halogenated alkanes) is 1. The van der Waals surface area contributed by atoms with Crippen LogP contribution in [0.1, 0.15) is 43.7 Å². The predicted octanol–water partition coefficient (Wildman–Crippen LogP) is 3.32. The minimum Gasteiger partial charge on any atom is -0.469 e. The maximum absolute atomic E-state index is 12.5. The van der Waals surface area contributed by atoms with Crippen molar-refractivity contribution in [1.29, 1.82) is 0 Å². The number of methoxy groups -OCH3 is 1. The highest BCUT2D eigenvalue weighted by Crippen LogP contribution is 2.19. The molecule has 0 aliphatic heterocycles. The number of benzene rings is 1. The van der Waals surface area contributed by atoms with Gasteiger partial charge >= 0.3 is 5.97 Å². The Hall–Kier alpha value is -2.20. The van der Waals surface area contributed by atoms with E-state index in [1.807, 2.05) is 18.2 Å². The molecule has 0 heterocycles. The highest BCUT2D eigenvalue weighted by molar-refractivity contribution is 9.08. The lowest BCUT2D eigenvalue weighted by molar-refractivity contribution is -0.140. The average molecular weight is 575 g/mol. The van der Waals surface area contributed by atoms with E-state index < -0.39 is 18.0 Å². The van der Waals surface area contributed by atoms with Crippen LogP contribution in [0.4, 0.5) is 5.69 Å². The highest BCUT2D eigenvalue weighted by atomic mass is 79.9. The zero-order valence-corrected chi connectivity index (χ0v) is 21.4. The standard InChI is InChI=1S/C22H29Br2N3O5/c1-4-18(27-19(28)7-5-6-8-20(29)32-3)22(31)25-14(2)21(30)26-17-10-15(12-23)9-16(11-17)13-24/h4,9-11,14,18H,1,5-8,12-13H2,2-3H3,(H,25,31)(H,26,30)(H,27,28)/t14-,18-/m0/s1. The number of carbonyl (C=O) groups excluding carboxylic acids is 4. The van der Waals surface area contributed by atoms with E-state index in [0.29, 0.717) is 29.2 Å². The Labute approximate surface area is 205 Å². The van der Waals surface area contributed by atoms with E-state index in [0.717, 1.165) is 11.1 Å². The van der Waals surface area contributed by atoms with Crippen LogP contribution in [0.3, 0.4) is 0 Å². The Morgan fingerprint density at radius 3 is 2.12 bits per heavy atom. The molecule has 1 rings (SSSR count). The summed E-state index contributed by atoms with van der Waals surface area (Å²) in [6.07, 6.45) is 2.68. The Kier molecular flexibility index (Phi) is 12.9. The van der Waals surface area contributed by atoms with Crippen molar-refractivity contribution in [1.82, 2.24) is 10.6 Å². The first kappa shape index (κ1) is 27.8. The van der Waals surface area contributed by atoms with Crippen molar-refractivity contribution in [2.45, 2.75) is 55.4 Å². The lowest BCUT2D eigenvalue weighted by Crippen LogP contribution is -2.50. The number of nitrogens with one attached hydrogen (secondary N) is 3. The summed E-state index contributed by atoms with van der Waals surface area (Å²) in [7, 11) is 1.31. The Morgan fingerprint density at radius 1 is 1.00 bits per heavy atom. The number of rotatable bonds is 13. The number of halogens is 2. The van der Waals surface area contributed by atoms with Gasteiger partial charge in [-0.3, -0.25) is 19.2 Å². The fourth-order valence-electron chi connectivity index (χ4n) is 2.74. The lowest BCUT2D eigenvalue weighted by Gasteiger charge is -2.19. The molecule has 176 valence electrons. The molecule has 1 aromatic rings. The van der Waals surface area contributed by atoms with Crippen molar-refractivity contribution in [3.63, 3.8) is 0 Å². The van der Waals surface area contributed by atoms with E-state index in [9.17, 15) is 19.2 Å². The molecule has 0 radical (unpaired) electrons. The zero-order valence-electron chi connectivity index (χ0n) is 18.2. The number of esters is 1. The van der Waals surface area contributed by atoms with Gasteiger partial charge in [-0.25, -0.2) is 0 Å². The van der Waals surface area contributed by atoms with Gasteiger partial charge in [0.2, 0.25) is 17.7 Å². The molecule has 3 N–H and O–H groups in total. The van der Waals surface area contributed by atoms with E-state index in [2.05, 4.69) is 59.1 Å². The molecule has 1 aromatic carbocycles. The van der Waals surface area contributed by atoms with Crippen LogP contribution in [0.5, 0.6) is 0 Å². The summed E-state index contributed by atoms with van der Waals surface area (Å²) >= 11 is 6.81. The van der Waals surface area contributed by atoms with Gasteiger partial charge in [0.25, 0.3) is 0 Å². The summed E-state index contributed by atoms with van der Waals surface area (Å²) in [4.78, 5) is 48.2. The van der Waals surface area contributed by atoms with Crippen LogP contribution in [0.25, 0.3) is 0 Å². The van der Waals surface area contributed by atoms with Gasteiger partial charge < -0.3 is 20.7 Å². The van der Waals surface area contributed by atoms with E-state index in [1.165, 1.54) is 13.2 Å². The van der Waals surface area contributed by atoms with Gasteiger partial charge in [-0.15, -0.1) is 6.58 Å². The molecule has 0 bridgehead atoms. The third-order valence-corrected chi connectivity index (χ3v) is 5.77. The zero-order chi connectivity index (χ0) is 24.1. The van der Waals surface area contributed by atoms with E-state index in [-0.39, 0.29) is 30.6 Å². The first-order valence-electron chi connectivity index (χ1n) is 10.1. The van der Waals surface area contributed by atoms with Gasteiger partial charge in [0.05, 0.1) is 7.11 Å². The van der Waals surface area contributed by atoms with Crippen LogP contribution in [-0.2, 0) is 34.6 Å². The summed E-state index contributed by atoms with van der Waals surface area (Å²) in [5, 5.41) is 9.24. The SMILES string of the molecule is C=C[C@H](NC(=O)CCCCC(=O)OC)C(=O)N[C@@H](C)C(=O)Nc1cc(CBr)cc(CBr)c1. The molecular formula is C22H29Br2N3O5. The van der Waals surface area contributed by atoms with Crippen LogP contribution >= 0.6 is 31.9 Å². The van der Waals surface area contributed by atoms with Gasteiger partial charge in [-0.1, -0.05) is 44.0 Å². The highest BCUT2D eigenvalue weighted by Gasteiger charge is 2.22. The summed E-state index contributed by atoms with van der Waals surface area (Å²) in [6.45, 7) is 5.14. The number of hydrogen-bond acceptors (Lipinski definition) is 5. The fourth-order valence-corrected chi connectivity index (χ4v) is 3.39. The fraction of sp³-hybridized carbons (Fsp3) is 0.455. The largest absolute Gasteiger partial charge is 0.469 e. The third-order valence-electron chi connectivity index (χ3n) is 4.48. The molecule has 0 spiro atoms. The van der Waals surface area contributed by atoms with Crippen LogP contribution in [0, 0.1) is 0 Å². The van der Waals surface area contributed by atoms with Gasteiger partial charge in [-0.2, -0.15) is 0 Å². The van der Waals surface area contributed by atoms with Crippen LogP contribution in [0.2, 0.25) is 0 Å². The monoisotopic (exact) mass is 573 g/mol. The smallest absolute Gasteiger partial charge is 0.305 e. The molecule has 0 aliphatic carbocycles. The molecule has 32 heavy (non-hydrogen) atoms. The molecule has 8 nitrogen and oxygen atoms in total. The summed E-state index contributed by atoms with van der Waals surface area (Å²) in [6, 6.07) is 3.90. The first-order valence-corrected chi connectivity index (χ1v) is 12.3. The second-order valence-electron chi connectivity index (χ2n) is 7.09. The molecule has 3 amide bonds. The maximum atomic E-state index is 12.5. The van der Waals surface area contributed by atoms with Crippen LogP contribution in [-0.4, -0.2) is 42.9 Å². The van der Waals surface area contributed by atoms with Gasteiger partial charge in [0.15, 0.2) is 0 Å². The Balaban J connectivity index is 2.57. The molecule has 0 aliphatic rings. The molecule has 10 heteroatoms. The molecule has 0 saturated heterocycles. The molecule has 2 atom stereocenters. The maximum Gasteiger partial charge on any atom is 0.305 e. The number of anilines is 1. The summed E-state index contributed by atoms with van der Waals surface area (Å²) in [5.74, 6) is -1.60. The number of hydrogen-bond donors (Lipinski definition) is 3. The van der Waals surface area contributed by atoms with Crippen molar-refractivity contribution in [3.05, 3.63) is 42.0 Å². The first-order chi connectivity index (χ1) is 15.2. The average Bonchev–Trinajstić information content (AvgIpc) is 2.79. The van der Waals surface area contributed by atoms with Crippen molar-refractivity contribution in [3.8, 4) is 0 Å². The quantitative estimate of drug-likeness (QED) is 0.145. The number of alkyl halides is 2. The van der Waals surface area contributed by atoms with Crippen molar-refractivity contribution >= 4 is 61.2 Å². The molecule has 0 fully saturated rings. The summed E-state index contributed by atoms with van der Waals surface area (Å²) < 4.78 is 4.54. The topological polar surface area (TPSA) is 114 Å².